The molecule has 2 amide bonds. The molecule has 1 aromatic carbocycles. The number of aryl methyl sites for hydroxylation is 1. The van der Waals surface area contributed by atoms with E-state index in [2.05, 4.69) is 0 Å². The molecule has 0 aliphatic carbocycles. The van der Waals surface area contributed by atoms with Crippen molar-refractivity contribution in [1.29, 1.82) is 0 Å². The molecule has 0 saturated carbocycles. The molecular formula is C18H24N2O4S. The SMILES string of the molecule is CC(C)C(=O)N1CCN(C(=O)c2ccc3c(c2)CCCS3(=O)=O)CC1. The predicted octanol–water partition coefficient (Wildman–Crippen LogP) is 1.35. The third-order valence-electron chi connectivity index (χ3n) is 4.87. The number of hydrogen-bond acceptors (Lipinski definition) is 4. The lowest BCUT2D eigenvalue weighted by atomic mass is 10.0. The van der Waals surface area contributed by atoms with Crippen molar-refractivity contribution in [3.8, 4) is 0 Å². The van der Waals surface area contributed by atoms with E-state index in [0.717, 1.165) is 5.56 Å². The van der Waals surface area contributed by atoms with Gasteiger partial charge in [0.15, 0.2) is 9.84 Å². The van der Waals surface area contributed by atoms with Crippen molar-refractivity contribution in [3.63, 3.8) is 0 Å². The van der Waals surface area contributed by atoms with Crippen LogP contribution in [0.1, 0.15) is 36.2 Å². The van der Waals surface area contributed by atoms with Gasteiger partial charge in [-0.15, -0.1) is 0 Å². The second kappa shape index (κ2) is 6.78. The average molecular weight is 364 g/mol. The first-order chi connectivity index (χ1) is 11.8. The monoisotopic (exact) mass is 364 g/mol. The maximum absolute atomic E-state index is 12.7. The maximum atomic E-state index is 12.7. The number of fused-ring (bicyclic) bond motifs is 1. The van der Waals surface area contributed by atoms with Crippen LogP contribution >= 0.6 is 0 Å². The number of carbonyl (C=O) groups is 2. The van der Waals surface area contributed by atoms with E-state index in [1.54, 1.807) is 28.0 Å². The third kappa shape index (κ3) is 3.56. The van der Waals surface area contributed by atoms with E-state index >= 15 is 0 Å². The van der Waals surface area contributed by atoms with Crippen molar-refractivity contribution >= 4 is 21.7 Å². The number of rotatable bonds is 2. The Kier molecular flexibility index (Phi) is 4.86. The van der Waals surface area contributed by atoms with Crippen LogP contribution in [0.5, 0.6) is 0 Å². The lowest BCUT2D eigenvalue weighted by Crippen LogP contribution is -2.51. The van der Waals surface area contributed by atoms with Crippen molar-refractivity contribution in [3.05, 3.63) is 29.3 Å². The molecule has 2 heterocycles. The number of nitrogens with zero attached hydrogens (tertiary/aromatic N) is 2. The normalized spacial score (nSPS) is 19.6. The number of hydrogen-bond donors (Lipinski definition) is 0. The Hall–Kier alpha value is -1.89. The molecule has 6 nitrogen and oxygen atoms in total. The molecule has 0 radical (unpaired) electrons. The average Bonchev–Trinajstić information content (AvgIpc) is 2.60. The molecule has 0 bridgehead atoms. The van der Waals surface area contributed by atoms with Crippen LogP contribution in [-0.4, -0.2) is 62.0 Å². The molecule has 3 rings (SSSR count). The smallest absolute Gasteiger partial charge is 0.253 e. The summed E-state index contributed by atoms with van der Waals surface area (Å²) in [6.45, 7) is 5.85. The van der Waals surface area contributed by atoms with Crippen molar-refractivity contribution in [2.75, 3.05) is 31.9 Å². The highest BCUT2D eigenvalue weighted by molar-refractivity contribution is 7.91. The third-order valence-corrected chi connectivity index (χ3v) is 6.77. The highest BCUT2D eigenvalue weighted by Gasteiger charge is 2.28. The number of sulfone groups is 1. The first kappa shape index (κ1) is 17.9. The molecule has 2 aliphatic heterocycles. The highest BCUT2D eigenvalue weighted by Crippen LogP contribution is 2.26. The molecule has 0 N–H and O–H groups in total. The van der Waals surface area contributed by atoms with E-state index in [-0.39, 0.29) is 23.5 Å². The van der Waals surface area contributed by atoms with E-state index in [1.807, 2.05) is 13.8 Å². The van der Waals surface area contributed by atoms with Crippen molar-refractivity contribution < 1.29 is 18.0 Å². The maximum Gasteiger partial charge on any atom is 0.253 e. The van der Waals surface area contributed by atoms with Crippen molar-refractivity contribution in [1.82, 2.24) is 9.80 Å². The Balaban J connectivity index is 1.72. The zero-order valence-electron chi connectivity index (χ0n) is 14.7. The minimum absolute atomic E-state index is 0.0372. The zero-order chi connectivity index (χ0) is 18.2. The molecule has 25 heavy (non-hydrogen) atoms. The number of amides is 2. The minimum Gasteiger partial charge on any atom is -0.339 e. The van der Waals surface area contributed by atoms with Gasteiger partial charge in [-0.1, -0.05) is 13.8 Å². The number of carbonyl (C=O) groups excluding carboxylic acids is 2. The second-order valence-electron chi connectivity index (χ2n) is 7.02. The van der Waals surface area contributed by atoms with E-state index in [9.17, 15) is 18.0 Å². The molecule has 7 heteroatoms. The molecule has 1 saturated heterocycles. The van der Waals surface area contributed by atoms with Crippen LogP contribution in [0.3, 0.4) is 0 Å². The molecule has 0 unspecified atom stereocenters. The molecule has 136 valence electrons. The zero-order valence-corrected chi connectivity index (χ0v) is 15.5. The Bertz CT molecular complexity index is 793. The number of benzene rings is 1. The summed E-state index contributed by atoms with van der Waals surface area (Å²) in [7, 11) is -3.20. The summed E-state index contributed by atoms with van der Waals surface area (Å²) in [5, 5.41) is 0. The van der Waals surface area contributed by atoms with Gasteiger partial charge in [-0.2, -0.15) is 0 Å². The van der Waals surface area contributed by atoms with Gasteiger partial charge in [0.2, 0.25) is 5.91 Å². The fraction of sp³-hybridized carbons (Fsp3) is 0.556. The molecule has 0 atom stereocenters. The second-order valence-corrected chi connectivity index (χ2v) is 9.09. The van der Waals surface area contributed by atoms with Crippen molar-refractivity contribution in [2.45, 2.75) is 31.6 Å². The van der Waals surface area contributed by atoms with Crippen molar-refractivity contribution in [2.24, 2.45) is 5.92 Å². The molecule has 0 aromatic heterocycles. The van der Waals surface area contributed by atoms with E-state index in [4.69, 9.17) is 0 Å². The predicted molar refractivity (Wildman–Crippen MR) is 94.1 cm³/mol. The van der Waals surface area contributed by atoms with Gasteiger partial charge in [0.1, 0.15) is 0 Å². The van der Waals surface area contributed by atoms with Gasteiger partial charge in [0.25, 0.3) is 5.91 Å². The summed E-state index contributed by atoms with van der Waals surface area (Å²) < 4.78 is 24.2. The van der Waals surface area contributed by atoms with E-state index in [0.29, 0.717) is 49.5 Å². The molecule has 1 fully saturated rings. The summed E-state index contributed by atoms with van der Waals surface area (Å²) in [6, 6.07) is 4.89. The molecule has 0 spiro atoms. The van der Waals surface area contributed by atoms with Crippen LogP contribution in [-0.2, 0) is 21.1 Å². The van der Waals surface area contributed by atoms with E-state index < -0.39 is 9.84 Å². The van der Waals surface area contributed by atoms with Crippen LogP contribution < -0.4 is 0 Å². The van der Waals surface area contributed by atoms with Crippen LogP contribution in [0.4, 0.5) is 0 Å². The Morgan fingerprint density at radius 2 is 1.68 bits per heavy atom. The fourth-order valence-electron chi connectivity index (χ4n) is 3.45. The van der Waals surface area contributed by atoms with Gasteiger partial charge in [-0.25, -0.2) is 8.42 Å². The number of piperazine rings is 1. The van der Waals surface area contributed by atoms with Gasteiger partial charge in [-0.05, 0) is 36.6 Å². The van der Waals surface area contributed by atoms with Crippen LogP contribution in [0, 0.1) is 5.92 Å². The van der Waals surface area contributed by atoms with Crippen LogP contribution in [0.15, 0.2) is 23.1 Å². The highest BCUT2D eigenvalue weighted by atomic mass is 32.2. The molecular weight excluding hydrogens is 340 g/mol. The Labute approximate surface area is 148 Å². The lowest BCUT2D eigenvalue weighted by Gasteiger charge is -2.35. The summed E-state index contributed by atoms with van der Waals surface area (Å²) in [5.74, 6) is 0.164. The van der Waals surface area contributed by atoms with Gasteiger partial charge < -0.3 is 9.80 Å². The van der Waals surface area contributed by atoms with Crippen LogP contribution in [0.2, 0.25) is 0 Å². The minimum atomic E-state index is -3.20. The summed E-state index contributed by atoms with van der Waals surface area (Å²) in [4.78, 5) is 28.7. The van der Waals surface area contributed by atoms with Gasteiger partial charge >= 0.3 is 0 Å². The van der Waals surface area contributed by atoms with E-state index in [1.165, 1.54) is 0 Å². The van der Waals surface area contributed by atoms with Gasteiger partial charge in [0.05, 0.1) is 10.6 Å². The lowest BCUT2D eigenvalue weighted by molar-refractivity contribution is -0.135. The van der Waals surface area contributed by atoms with Gasteiger partial charge in [0, 0.05) is 37.7 Å². The quantitative estimate of drug-likeness (QED) is 0.794. The van der Waals surface area contributed by atoms with Gasteiger partial charge in [-0.3, -0.25) is 9.59 Å². The first-order valence-electron chi connectivity index (χ1n) is 8.73. The standard InChI is InChI=1S/C18H24N2O4S/c1-13(2)17(21)19-7-9-20(10-8-19)18(22)15-5-6-16-14(12-15)4-3-11-25(16,23)24/h5-6,12-13H,3-4,7-11H2,1-2H3. The summed E-state index contributed by atoms with van der Waals surface area (Å²) in [5.41, 5.74) is 1.27. The molecule has 2 aliphatic rings. The Morgan fingerprint density at radius 3 is 2.32 bits per heavy atom. The largest absolute Gasteiger partial charge is 0.339 e. The van der Waals surface area contributed by atoms with Crippen LogP contribution in [0.25, 0.3) is 0 Å². The molecule has 1 aromatic rings. The first-order valence-corrected chi connectivity index (χ1v) is 10.4. The fourth-order valence-corrected chi connectivity index (χ4v) is 5.03. The Morgan fingerprint density at radius 1 is 1.04 bits per heavy atom. The topological polar surface area (TPSA) is 74.8 Å². The summed E-state index contributed by atoms with van der Waals surface area (Å²) in [6.07, 6.45) is 1.29. The summed E-state index contributed by atoms with van der Waals surface area (Å²) >= 11 is 0.